The van der Waals surface area contributed by atoms with Gasteiger partial charge < -0.3 is 19.7 Å². The second kappa shape index (κ2) is 7.25. The van der Waals surface area contributed by atoms with Crippen LogP contribution in [0.15, 0.2) is 42.5 Å². The molecule has 0 saturated carbocycles. The van der Waals surface area contributed by atoms with Crippen LogP contribution in [0.5, 0.6) is 11.5 Å². The number of nitrogens with one attached hydrogen (secondary N) is 1. The van der Waals surface area contributed by atoms with Crippen molar-refractivity contribution in [1.82, 2.24) is 5.32 Å². The number of hydrogen-bond acceptors (Lipinski definition) is 4. The zero-order valence-electron chi connectivity index (χ0n) is 14.0. The topological polar surface area (TPSA) is 50.8 Å². The minimum atomic E-state index is -0.0376. The van der Waals surface area contributed by atoms with Crippen LogP contribution in [0.1, 0.15) is 22.3 Å². The van der Waals surface area contributed by atoms with E-state index in [0.29, 0.717) is 18.9 Å². The monoisotopic (exact) mass is 326 g/mol. The van der Waals surface area contributed by atoms with Crippen LogP contribution in [0.2, 0.25) is 0 Å². The summed E-state index contributed by atoms with van der Waals surface area (Å²) in [5.41, 5.74) is 2.88. The second-order valence-electron chi connectivity index (χ2n) is 5.99. The fraction of sp³-hybridized carbons (Fsp3) is 0.316. The fourth-order valence-corrected chi connectivity index (χ4v) is 2.62. The Balaban J connectivity index is 1.48. The molecule has 0 radical (unpaired) electrons. The van der Waals surface area contributed by atoms with E-state index in [4.69, 9.17) is 9.47 Å². The first-order valence-electron chi connectivity index (χ1n) is 8.07. The Labute approximate surface area is 142 Å². The van der Waals surface area contributed by atoms with Crippen molar-refractivity contribution in [2.45, 2.75) is 12.8 Å². The quantitative estimate of drug-likeness (QED) is 0.830. The van der Waals surface area contributed by atoms with E-state index in [-0.39, 0.29) is 5.91 Å². The molecule has 1 aliphatic rings. The highest BCUT2D eigenvalue weighted by Gasteiger charge is 2.13. The molecule has 2 aromatic rings. The molecule has 0 bridgehead atoms. The lowest BCUT2D eigenvalue weighted by Crippen LogP contribution is -2.25. The lowest BCUT2D eigenvalue weighted by Gasteiger charge is -2.13. The van der Waals surface area contributed by atoms with E-state index >= 15 is 0 Å². The Morgan fingerprint density at radius 1 is 1.12 bits per heavy atom. The molecule has 1 heterocycles. The van der Waals surface area contributed by atoms with Gasteiger partial charge in [-0.15, -0.1) is 0 Å². The summed E-state index contributed by atoms with van der Waals surface area (Å²) in [5.74, 6) is 1.56. The number of ether oxygens (including phenoxy) is 2. The van der Waals surface area contributed by atoms with Crippen molar-refractivity contribution in [1.29, 1.82) is 0 Å². The molecule has 3 rings (SSSR count). The molecule has 2 aromatic carbocycles. The van der Waals surface area contributed by atoms with Crippen molar-refractivity contribution in [2.24, 2.45) is 0 Å². The Morgan fingerprint density at radius 3 is 2.79 bits per heavy atom. The predicted molar refractivity (Wildman–Crippen MR) is 94.0 cm³/mol. The van der Waals surface area contributed by atoms with Gasteiger partial charge in [0, 0.05) is 31.9 Å². The van der Waals surface area contributed by atoms with Crippen molar-refractivity contribution < 1.29 is 14.3 Å². The summed E-state index contributed by atoms with van der Waals surface area (Å²) in [6.45, 7) is 0.931. The van der Waals surface area contributed by atoms with Crippen molar-refractivity contribution in [3.8, 4) is 11.5 Å². The second-order valence-corrected chi connectivity index (χ2v) is 5.99. The number of anilines is 1. The molecule has 0 aliphatic carbocycles. The molecular weight excluding hydrogens is 304 g/mol. The van der Waals surface area contributed by atoms with E-state index < -0.39 is 0 Å². The highest BCUT2D eigenvalue weighted by molar-refractivity contribution is 5.95. The van der Waals surface area contributed by atoms with Gasteiger partial charge in [-0.1, -0.05) is 12.1 Å². The summed E-state index contributed by atoms with van der Waals surface area (Å²) >= 11 is 0. The average molecular weight is 326 g/mol. The van der Waals surface area contributed by atoms with Gasteiger partial charge in [-0.2, -0.15) is 0 Å². The molecular formula is C19H22N2O3. The first-order valence-corrected chi connectivity index (χ1v) is 8.07. The molecule has 24 heavy (non-hydrogen) atoms. The summed E-state index contributed by atoms with van der Waals surface area (Å²) in [4.78, 5) is 14.2. The molecule has 1 amide bonds. The molecule has 0 unspecified atom stereocenters. The Kier molecular flexibility index (Phi) is 4.89. The molecule has 5 nitrogen and oxygen atoms in total. The first-order chi connectivity index (χ1) is 11.6. The molecule has 0 atom stereocenters. The number of fused-ring (bicyclic) bond motifs is 1. The largest absolute Gasteiger partial charge is 0.454 e. The van der Waals surface area contributed by atoms with E-state index in [1.54, 1.807) is 0 Å². The Hall–Kier alpha value is -2.69. The number of benzene rings is 2. The highest BCUT2D eigenvalue weighted by Crippen LogP contribution is 2.32. The maximum Gasteiger partial charge on any atom is 0.251 e. The summed E-state index contributed by atoms with van der Waals surface area (Å²) in [5, 5.41) is 2.97. The minimum Gasteiger partial charge on any atom is -0.454 e. The minimum absolute atomic E-state index is 0.0376. The van der Waals surface area contributed by atoms with Gasteiger partial charge in [-0.3, -0.25) is 4.79 Å². The van der Waals surface area contributed by atoms with Gasteiger partial charge in [0.2, 0.25) is 6.79 Å². The zero-order valence-corrected chi connectivity index (χ0v) is 14.0. The van der Waals surface area contributed by atoms with Gasteiger partial charge in [0.25, 0.3) is 5.91 Å². The molecule has 126 valence electrons. The van der Waals surface area contributed by atoms with Crippen molar-refractivity contribution in [2.75, 3.05) is 32.3 Å². The van der Waals surface area contributed by atoms with Gasteiger partial charge >= 0.3 is 0 Å². The number of amides is 1. The maximum atomic E-state index is 12.2. The van der Waals surface area contributed by atoms with E-state index in [0.717, 1.165) is 30.0 Å². The Bertz CT molecular complexity index is 728. The van der Waals surface area contributed by atoms with Crippen LogP contribution >= 0.6 is 0 Å². The summed E-state index contributed by atoms with van der Waals surface area (Å²) in [6, 6.07) is 13.6. The van der Waals surface area contributed by atoms with E-state index in [9.17, 15) is 4.79 Å². The lowest BCUT2D eigenvalue weighted by molar-refractivity contribution is 0.0953. The van der Waals surface area contributed by atoms with E-state index in [1.165, 1.54) is 5.56 Å². The number of carbonyl (C=O) groups excluding carboxylic acids is 1. The number of nitrogens with zero attached hydrogens (tertiary/aromatic N) is 1. The SMILES string of the molecule is CN(C)c1cccc(C(=O)NCCCc2ccc3c(c2)OCO3)c1. The average Bonchev–Trinajstić information content (AvgIpc) is 3.06. The summed E-state index contributed by atoms with van der Waals surface area (Å²) in [6.07, 6.45) is 1.76. The maximum absolute atomic E-state index is 12.2. The third kappa shape index (κ3) is 3.79. The summed E-state index contributed by atoms with van der Waals surface area (Å²) < 4.78 is 10.7. The molecule has 1 aliphatic heterocycles. The molecule has 0 fully saturated rings. The van der Waals surface area contributed by atoms with Crippen LogP contribution in [-0.2, 0) is 6.42 Å². The van der Waals surface area contributed by atoms with Crippen LogP contribution in [0.3, 0.4) is 0 Å². The molecule has 0 aromatic heterocycles. The molecule has 5 heteroatoms. The number of carbonyl (C=O) groups is 1. The molecule has 1 N–H and O–H groups in total. The van der Waals surface area contributed by atoms with Crippen LogP contribution in [-0.4, -0.2) is 33.3 Å². The van der Waals surface area contributed by atoms with Gasteiger partial charge in [0.05, 0.1) is 0 Å². The first kappa shape index (κ1) is 16.2. The predicted octanol–water partition coefficient (Wildman–Crippen LogP) is 2.84. The number of aryl methyl sites for hydroxylation is 1. The van der Waals surface area contributed by atoms with Gasteiger partial charge in [-0.05, 0) is 48.7 Å². The zero-order chi connectivity index (χ0) is 16.9. The third-order valence-corrected chi connectivity index (χ3v) is 3.99. The number of hydrogen-bond donors (Lipinski definition) is 1. The van der Waals surface area contributed by atoms with Crippen LogP contribution in [0, 0.1) is 0 Å². The van der Waals surface area contributed by atoms with Gasteiger partial charge in [0.1, 0.15) is 0 Å². The van der Waals surface area contributed by atoms with Crippen LogP contribution < -0.4 is 19.7 Å². The van der Waals surface area contributed by atoms with Crippen molar-refractivity contribution in [3.05, 3.63) is 53.6 Å². The van der Waals surface area contributed by atoms with E-state index in [1.807, 2.05) is 61.5 Å². The number of rotatable bonds is 6. The lowest BCUT2D eigenvalue weighted by atomic mass is 10.1. The Morgan fingerprint density at radius 2 is 1.96 bits per heavy atom. The standard InChI is InChI=1S/C19H22N2O3/c1-21(2)16-7-3-6-15(12-16)19(22)20-10-4-5-14-8-9-17-18(11-14)24-13-23-17/h3,6-9,11-12H,4-5,10,13H2,1-2H3,(H,20,22). The van der Waals surface area contributed by atoms with Crippen LogP contribution in [0.25, 0.3) is 0 Å². The van der Waals surface area contributed by atoms with Gasteiger partial charge in [-0.25, -0.2) is 0 Å². The third-order valence-electron chi connectivity index (χ3n) is 3.99. The summed E-state index contributed by atoms with van der Waals surface area (Å²) in [7, 11) is 3.92. The normalized spacial score (nSPS) is 12.1. The van der Waals surface area contributed by atoms with E-state index in [2.05, 4.69) is 5.32 Å². The van der Waals surface area contributed by atoms with Gasteiger partial charge in [0.15, 0.2) is 11.5 Å². The van der Waals surface area contributed by atoms with Crippen molar-refractivity contribution >= 4 is 11.6 Å². The molecule has 0 saturated heterocycles. The van der Waals surface area contributed by atoms with Crippen LogP contribution in [0.4, 0.5) is 5.69 Å². The highest BCUT2D eigenvalue weighted by atomic mass is 16.7. The molecule has 0 spiro atoms. The van der Waals surface area contributed by atoms with Crippen molar-refractivity contribution in [3.63, 3.8) is 0 Å². The smallest absolute Gasteiger partial charge is 0.251 e. The fourth-order valence-electron chi connectivity index (χ4n) is 2.62.